The highest BCUT2D eigenvalue weighted by Crippen LogP contribution is 2.23. The summed E-state index contributed by atoms with van der Waals surface area (Å²) < 4.78 is 7.33. The molecule has 2 N–H and O–H groups in total. The summed E-state index contributed by atoms with van der Waals surface area (Å²) in [6.07, 6.45) is 0.992. The first kappa shape index (κ1) is 21.8. The monoisotopic (exact) mass is 424 g/mol. The number of carbonyl (C=O) groups is 1. The van der Waals surface area contributed by atoms with Gasteiger partial charge in [0, 0.05) is 5.56 Å². The number of H-pyrrole nitrogens is 1. The summed E-state index contributed by atoms with van der Waals surface area (Å²) in [6.45, 7) is 6.43. The van der Waals surface area contributed by atoms with E-state index < -0.39 is 0 Å². The van der Waals surface area contributed by atoms with E-state index in [9.17, 15) is 4.79 Å². The molecule has 1 amide bonds. The minimum absolute atomic E-state index is 0.0751. The summed E-state index contributed by atoms with van der Waals surface area (Å²) >= 11 is 5.37. The highest BCUT2D eigenvalue weighted by molar-refractivity contribution is 7.71. The number of methoxy groups -OCH3 is 1. The molecule has 30 heavy (non-hydrogen) atoms. The lowest BCUT2D eigenvalue weighted by molar-refractivity contribution is -0.122. The molecule has 1 heterocycles. The molecule has 0 saturated carbocycles. The van der Waals surface area contributed by atoms with Crippen LogP contribution in [-0.2, 0) is 17.8 Å². The van der Waals surface area contributed by atoms with Gasteiger partial charge in [-0.2, -0.15) is 5.10 Å². The van der Waals surface area contributed by atoms with Gasteiger partial charge in [0.2, 0.25) is 5.91 Å². The number of aryl methyl sites for hydroxylation is 1. The van der Waals surface area contributed by atoms with Crippen molar-refractivity contribution in [2.24, 2.45) is 5.92 Å². The Bertz CT molecular complexity index is 1040. The second-order valence-electron chi connectivity index (χ2n) is 7.55. The predicted molar refractivity (Wildman–Crippen MR) is 121 cm³/mol. The number of aromatic nitrogens is 3. The molecular formula is C23H28N4O2S. The largest absolute Gasteiger partial charge is 0.497 e. The van der Waals surface area contributed by atoms with Gasteiger partial charge in [0.1, 0.15) is 12.3 Å². The fraction of sp³-hybridized carbons (Fsp3) is 0.348. The zero-order chi connectivity index (χ0) is 21.7. The third kappa shape index (κ3) is 4.97. The lowest BCUT2D eigenvalue weighted by atomic mass is 9.95. The minimum atomic E-state index is -0.111. The topological polar surface area (TPSA) is 71.9 Å². The number of nitrogens with zero attached hydrogens (tertiary/aromatic N) is 2. The van der Waals surface area contributed by atoms with Gasteiger partial charge >= 0.3 is 0 Å². The molecule has 3 rings (SSSR count). The molecule has 1 unspecified atom stereocenters. The van der Waals surface area contributed by atoms with E-state index in [0.29, 0.717) is 10.6 Å². The lowest BCUT2D eigenvalue weighted by Crippen LogP contribution is -2.34. The van der Waals surface area contributed by atoms with E-state index in [0.717, 1.165) is 23.3 Å². The van der Waals surface area contributed by atoms with Gasteiger partial charge in [0.05, 0.1) is 13.2 Å². The maximum absolute atomic E-state index is 12.9. The molecule has 7 heteroatoms. The Balaban J connectivity index is 1.79. The Morgan fingerprint density at radius 1 is 1.17 bits per heavy atom. The van der Waals surface area contributed by atoms with Crippen molar-refractivity contribution in [1.29, 1.82) is 0 Å². The number of carbonyl (C=O) groups excluding carboxylic acids is 1. The van der Waals surface area contributed by atoms with E-state index in [1.165, 1.54) is 5.56 Å². The van der Waals surface area contributed by atoms with Gasteiger partial charge in [-0.15, -0.1) is 0 Å². The fourth-order valence-electron chi connectivity index (χ4n) is 3.38. The van der Waals surface area contributed by atoms with Crippen LogP contribution in [0.2, 0.25) is 0 Å². The van der Waals surface area contributed by atoms with Crippen LogP contribution in [0, 0.1) is 10.7 Å². The normalized spacial score (nSPS) is 12.0. The standard InChI is InChI=1S/C23H28N4O2S/c1-5-16-6-8-17(9-7-16)21(15(2)3)24-20(28)14-27-22(25-26-23(27)30)18-10-12-19(29-4)13-11-18/h6-13,15,21H,5,14H2,1-4H3,(H,24,28)(H,26,30). The van der Waals surface area contributed by atoms with Gasteiger partial charge in [-0.3, -0.25) is 14.5 Å². The molecule has 0 aliphatic carbocycles. The second-order valence-corrected chi connectivity index (χ2v) is 7.94. The minimum Gasteiger partial charge on any atom is -0.497 e. The first-order valence-electron chi connectivity index (χ1n) is 10.1. The van der Waals surface area contributed by atoms with Crippen molar-refractivity contribution in [2.75, 3.05) is 7.11 Å². The first-order chi connectivity index (χ1) is 14.4. The summed E-state index contributed by atoms with van der Waals surface area (Å²) in [4.78, 5) is 12.9. The van der Waals surface area contributed by atoms with Crippen LogP contribution in [0.3, 0.4) is 0 Å². The smallest absolute Gasteiger partial charge is 0.240 e. The Kier molecular flexibility index (Phi) is 7.05. The van der Waals surface area contributed by atoms with Crippen molar-refractivity contribution in [3.63, 3.8) is 0 Å². The second kappa shape index (κ2) is 9.71. The maximum Gasteiger partial charge on any atom is 0.240 e. The molecule has 0 aliphatic rings. The Morgan fingerprint density at radius 2 is 1.83 bits per heavy atom. The molecule has 0 aliphatic heterocycles. The molecule has 1 atom stereocenters. The molecule has 2 aromatic carbocycles. The van der Waals surface area contributed by atoms with Gasteiger partial charge < -0.3 is 10.1 Å². The van der Waals surface area contributed by atoms with E-state index in [2.05, 4.69) is 60.6 Å². The number of hydrogen-bond donors (Lipinski definition) is 2. The maximum atomic E-state index is 12.9. The Morgan fingerprint density at radius 3 is 2.40 bits per heavy atom. The third-order valence-electron chi connectivity index (χ3n) is 5.14. The quantitative estimate of drug-likeness (QED) is 0.515. The number of rotatable bonds is 8. The zero-order valence-electron chi connectivity index (χ0n) is 17.8. The van der Waals surface area contributed by atoms with Gasteiger partial charge in [0.15, 0.2) is 10.6 Å². The molecule has 0 spiro atoms. The number of aromatic amines is 1. The van der Waals surface area contributed by atoms with Crippen LogP contribution < -0.4 is 10.1 Å². The molecule has 0 bridgehead atoms. The average Bonchev–Trinajstić information content (AvgIpc) is 3.12. The van der Waals surface area contributed by atoms with E-state index in [1.807, 2.05) is 24.3 Å². The molecule has 0 saturated heterocycles. The number of benzene rings is 2. The number of amides is 1. The van der Waals surface area contributed by atoms with Crippen LogP contribution in [-0.4, -0.2) is 27.8 Å². The van der Waals surface area contributed by atoms with Gasteiger partial charge in [-0.05, 0) is 59.9 Å². The summed E-state index contributed by atoms with van der Waals surface area (Å²) in [5.74, 6) is 1.51. The van der Waals surface area contributed by atoms with Gasteiger partial charge in [-0.1, -0.05) is 45.0 Å². The van der Waals surface area contributed by atoms with Crippen LogP contribution in [0.25, 0.3) is 11.4 Å². The number of hydrogen-bond acceptors (Lipinski definition) is 4. The molecular weight excluding hydrogens is 396 g/mol. The Labute approximate surface area is 182 Å². The molecule has 6 nitrogen and oxygen atoms in total. The summed E-state index contributed by atoms with van der Waals surface area (Å²) in [6, 6.07) is 15.8. The van der Waals surface area contributed by atoms with Crippen LogP contribution in [0.15, 0.2) is 48.5 Å². The summed E-state index contributed by atoms with van der Waals surface area (Å²) in [5.41, 5.74) is 3.23. The van der Waals surface area contributed by atoms with Crippen molar-refractivity contribution in [2.45, 2.75) is 39.8 Å². The van der Waals surface area contributed by atoms with E-state index in [1.54, 1.807) is 11.7 Å². The number of nitrogens with one attached hydrogen (secondary N) is 2. The van der Waals surface area contributed by atoms with E-state index in [-0.39, 0.29) is 24.4 Å². The van der Waals surface area contributed by atoms with Crippen molar-refractivity contribution < 1.29 is 9.53 Å². The van der Waals surface area contributed by atoms with Crippen molar-refractivity contribution >= 4 is 18.1 Å². The van der Waals surface area contributed by atoms with E-state index >= 15 is 0 Å². The highest BCUT2D eigenvalue weighted by Gasteiger charge is 2.20. The van der Waals surface area contributed by atoms with Crippen molar-refractivity contribution in [1.82, 2.24) is 20.1 Å². The zero-order valence-corrected chi connectivity index (χ0v) is 18.6. The predicted octanol–water partition coefficient (Wildman–Crippen LogP) is 4.69. The van der Waals surface area contributed by atoms with Gasteiger partial charge in [0.25, 0.3) is 0 Å². The number of ether oxygens (including phenoxy) is 1. The van der Waals surface area contributed by atoms with Crippen LogP contribution in [0.4, 0.5) is 0 Å². The van der Waals surface area contributed by atoms with Gasteiger partial charge in [-0.25, -0.2) is 0 Å². The Hall–Kier alpha value is -2.93. The molecule has 3 aromatic rings. The third-order valence-corrected chi connectivity index (χ3v) is 5.45. The molecule has 1 aromatic heterocycles. The van der Waals surface area contributed by atoms with E-state index in [4.69, 9.17) is 17.0 Å². The fourth-order valence-corrected chi connectivity index (χ4v) is 3.58. The molecule has 0 fully saturated rings. The van der Waals surface area contributed by atoms with Crippen molar-refractivity contribution in [3.05, 3.63) is 64.4 Å². The summed E-state index contributed by atoms with van der Waals surface area (Å²) in [5, 5.41) is 10.3. The summed E-state index contributed by atoms with van der Waals surface area (Å²) in [7, 11) is 1.62. The highest BCUT2D eigenvalue weighted by atomic mass is 32.1. The van der Waals surface area contributed by atoms with Crippen LogP contribution in [0.1, 0.15) is 37.9 Å². The van der Waals surface area contributed by atoms with Crippen LogP contribution >= 0.6 is 12.2 Å². The lowest BCUT2D eigenvalue weighted by Gasteiger charge is -2.23. The average molecular weight is 425 g/mol. The molecule has 158 valence electrons. The SMILES string of the molecule is CCc1ccc(C(NC(=O)Cn2c(-c3ccc(OC)cc3)n[nH]c2=S)C(C)C)cc1. The van der Waals surface area contributed by atoms with Crippen molar-refractivity contribution in [3.8, 4) is 17.1 Å². The molecule has 0 radical (unpaired) electrons. The first-order valence-corrected chi connectivity index (χ1v) is 10.5. The van der Waals surface area contributed by atoms with Crippen LogP contribution in [0.5, 0.6) is 5.75 Å².